The minimum atomic E-state index is 0.450. The van der Waals surface area contributed by atoms with Gasteiger partial charge in [0.1, 0.15) is 0 Å². The zero-order valence-electron chi connectivity index (χ0n) is 10.5. The van der Waals surface area contributed by atoms with Crippen LogP contribution in [0.3, 0.4) is 0 Å². The second-order valence-corrected chi connectivity index (χ2v) is 4.47. The van der Waals surface area contributed by atoms with E-state index < -0.39 is 0 Å². The molecule has 1 saturated heterocycles. The number of nitrogens with zero attached hydrogens (tertiary/aromatic N) is 1. The molecular formula is C13H20N2O2. The van der Waals surface area contributed by atoms with Crippen molar-refractivity contribution < 1.29 is 9.47 Å². The summed E-state index contributed by atoms with van der Waals surface area (Å²) >= 11 is 0. The Morgan fingerprint density at radius 1 is 1.47 bits per heavy atom. The lowest BCUT2D eigenvalue weighted by Crippen LogP contribution is -2.30. The lowest BCUT2D eigenvalue weighted by Gasteiger charge is -2.29. The summed E-state index contributed by atoms with van der Waals surface area (Å²) in [7, 11) is 1.63. The van der Waals surface area contributed by atoms with Crippen molar-refractivity contribution >= 4 is 5.69 Å². The van der Waals surface area contributed by atoms with E-state index >= 15 is 0 Å². The van der Waals surface area contributed by atoms with Crippen LogP contribution in [0.2, 0.25) is 0 Å². The van der Waals surface area contributed by atoms with Crippen molar-refractivity contribution in [3.05, 3.63) is 18.3 Å². The van der Waals surface area contributed by atoms with E-state index in [2.05, 4.69) is 17.2 Å². The maximum atomic E-state index is 5.38. The highest BCUT2D eigenvalue weighted by atomic mass is 16.5. The molecule has 1 atom stereocenters. The van der Waals surface area contributed by atoms with Crippen LogP contribution < -0.4 is 10.1 Å². The van der Waals surface area contributed by atoms with Crippen molar-refractivity contribution in [2.75, 3.05) is 25.6 Å². The van der Waals surface area contributed by atoms with Crippen LogP contribution in [0.4, 0.5) is 5.69 Å². The Balaban J connectivity index is 1.94. The largest absolute Gasteiger partial charge is 0.481 e. The van der Waals surface area contributed by atoms with Crippen LogP contribution in [0, 0.1) is 5.92 Å². The Morgan fingerprint density at radius 2 is 2.24 bits per heavy atom. The molecule has 0 aliphatic carbocycles. The normalized spacial score (nSPS) is 18.7. The molecule has 1 aromatic heterocycles. The summed E-state index contributed by atoms with van der Waals surface area (Å²) in [5.41, 5.74) is 1.07. The van der Waals surface area contributed by atoms with E-state index in [-0.39, 0.29) is 0 Å². The first kappa shape index (κ1) is 12.2. The lowest BCUT2D eigenvalue weighted by atomic mass is 9.93. The Kier molecular flexibility index (Phi) is 4.20. The summed E-state index contributed by atoms with van der Waals surface area (Å²) in [6.45, 7) is 4.00. The number of hydrogen-bond acceptors (Lipinski definition) is 4. The van der Waals surface area contributed by atoms with E-state index in [1.807, 2.05) is 12.1 Å². The first-order valence-corrected chi connectivity index (χ1v) is 6.14. The van der Waals surface area contributed by atoms with Gasteiger partial charge in [-0.25, -0.2) is 4.98 Å². The van der Waals surface area contributed by atoms with Crippen LogP contribution in [-0.4, -0.2) is 31.3 Å². The molecule has 17 heavy (non-hydrogen) atoms. The fourth-order valence-electron chi connectivity index (χ4n) is 2.21. The molecule has 1 aliphatic rings. The summed E-state index contributed by atoms with van der Waals surface area (Å²) in [6, 6.07) is 4.35. The van der Waals surface area contributed by atoms with E-state index in [4.69, 9.17) is 9.47 Å². The van der Waals surface area contributed by atoms with Crippen molar-refractivity contribution in [2.24, 2.45) is 5.92 Å². The summed E-state index contributed by atoms with van der Waals surface area (Å²) < 4.78 is 10.5. The van der Waals surface area contributed by atoms with Crippen LogP contribution in [0.15, 0.2) is 18.3 Å². The molecule has 0 saturated carbocycles. The molecule has 1 aliphatic heterocycles. The molecule has 2 heterocycles. The minimum absolute atomic E-state index is 0.450. The molecule has 0 aromatic carbocycles. The summed E-state index contributed by atoms with van der Waals surface area (Å²) in [5.74, 6) is 1.33. The highest BCUT2D eigenvalue weighted by molar-refractivity contribution is 5.45. The number of rotatable bonds is 4. The molecule has 0 spiro atoms. The third-order valence-electron chi connectivity index (χ3n) is 3.31. The molecule has 4 heteroatoms. The number of methoxy groups -OCH3 is 1. The van der Waals surface area contributed by atoms with Gasteiger partial charge in [-0.15, -0.1) is 0 Å². The van der Waals surface area contributed by atoms with Gasteiger partial charge in [-0.3, -0.25) is 0 Å². The zero-order valence-corrected chi connectivity index (χ0v) is 10.5. The predicted molar refractivity (Wildman–Crippen MR) is 67.4 cm³/mol. The van der Waals surface area contributed by atoms with Crippen molar-refractivity contribution in [3.63, 3.8) is 0 Å². The quantitative estimate of drug-likeness (QED) is 0.871. The number of ether oxygens (including phenoxy) is 2. The van der Waals surface area contributed by atoms with Gasteiger partial charge in [0.15, 0.2) is 0 Å². The van der Waals surface area contributed by atoms with Gasteiger partial charge in [-0.2, -0.15) is 0 Å². The van der Waals surface area contributed by atoms with Gasteiger partial charge in [-0.1, -0.05) is 0 Å². The van der Waals surface area contributed by atoms with Gasteiger partial charge in [0.05, 0.1) is 7.11 Å². The van der Waals surface area contributed by atoms with Crippen LogP contribution in [0.25, 0.3) is 0 Å². The van der Waals surface area contributed by atoms with Gasteiger partial charge >= 0.3 is 0 Å². The van der Waals surface area contributed by atoms with E-state index in [1.54, 1.807) is 13.3 Å². The fourth-order valence-corrected chi connectivity index (χ4v) is 2.21. The lowest BCUT2D eigenvalue weighted by molar-refractivity contribution is 0.0622. The van der Waals surface area contributed by atoms with Gasteiger partial charge in [0.2, 0.25) is 5.88 Å². The average Bonchev–Trinajstić information content (AvgIpc) is 2.40. The van der Waals surface area contributed by atoms with Crippen molar-refractivity contribution in [1.29, 1.82) is 0 Å². The topological polar surface area (TPSA) is 43.4 Å². The average molecular weight is 236 g/mol. The molecule has 1 aromatic rings. The van der Waals surface area contributed by atoms with E-state index in [9.17, 15) is 0 Å². The van der Waals surface area contributed by atoms with Crippen LogP contribution in [0.5, 0.6) is 5.88 Å². The third-order valence-corrected chi connectivity index (χ3v) is 3.31. The first-order valence-electron chi connectivity index (χ1n) is 6.14. The number of nitrogens with one attached hydrogen (secondary N) is 1. The van der Waals surface area contributed by atoms with E-state index in [0.717, 1.165) is 31.7 Å². The number of pyridine rings is 1. The van der Waals surface area contributed by atoms with Crippen molar-refractivity contribution in [2.45, 2.75) is 25.8 Å². The maximum absolute atomic E-state index is 5.38. The Hall–Kier alpha value is -1.29. The van der Waals surface area contributed by atoms with Crippen LogP contribution in [-0.2, 0) is 4.74 Å². The standard InChI is InChI=1S/C13H20N2O2/c1-10(11-4-7-17-8-5-11)15-12-3-6-14-13(9-12)16-2/h3,6,9-11H,4-5,7-8H2,1-2H3,(H,14,15). The van der Waals surface area contributed by atoms with Gasteiger partial charge < -0.3 is 14.8 Å². The fraction of sp³-hybridized carbons (Fsp3) is 0.615. The molecule has 94 valence electrons. The number of anilines is 1. The Labute approximate surface area is 102 Å². The first-order chi connectivity index (χ1) is 8.29. The highest BCUT2D eigenvalue weighted by Gasteiger charge is 2.20. The molecular weight excluding hydrogens is 216 g/mol. The summed E-state index contributed by atoms with van der Waals surface area (Å²) in [6.07, 6.45) is 4.03. The maximum Gasteiger partial charge on any atom is 0.214 e. The SMILES string of the molecule is COc1cc(NC(C)C2CCOCC2)ccn1. The molecule has 4 nitrogen and oxygen atoms in total. The monoisotopic (exact) mass is 236 g/mol. The van der Waals surface area contributed by atoms with Gasteiger partial charge in [0, 0.05) is 37.2 Å². The second kappa shape index (κ2) is 5.87. The highest BCUT2D eigenvalue weighted by Crippen LogP contribution is 2.22. The molecule has 1 unspecified atom stereocenters. The van der Waals surface area contributed by atoms with Crippen molar-refractivity contribution in [1.82, 2.24) is 4.98 Å². The van der Waals surface area contributed by atoms with Crippen molar-refractivity contribution in [3.8, 4) is 5.88 Å². The van der Waals surface area contributed by atoms with Crippen LogP contribution in [0.1, 0.15) is 19.8 Å². The number of aromatic nitrogens is 1. The molecule has 2 rings (SSSR count). The van der Waals surface area contributed by atoms with Gasteiger partial charge in [-0.05, 0) is 31.7 Å². The zero-order chi connectivity index (χ0) is 12.1. The summed E-state index contributed by atoms with van der Waals surface area (Å²) in [5, 5.41) is 3.51. The van der Waals surface area contributed by atoms with Gasteiger partial charge in [0.25, 0.3) is 0 Å². The Bertz CT molecular complexity index is 351. The molecule has 0 bridgehead atoms. The molecule has 1 fully saturated rings. The third kappa shape index (κ3) is 3.33. The number of hydrogen-bond donors (Lipinski definition) is 1. The predicted octanol–water partition coefficient (Wildman–Crippen LogP) is 2.32. The molecule has 1 N–H and O–H groups in total. The minimum Gasteiger partial charge on any atom is -0.481 e. The second-order valence-electron chi connectivity index (χ2n) is 4.47. The smallest absolute Gasteiger partial charge is 0.214 e. The van der Waals surface area contributed by atoms with E-state index in [0.29, 0.717) is 17.8 Å². The Morgan fingerprint density at radius 3 is 2.94 bits per heavy atom. The van der Waals surface area contributed by atoms with Crippen LogP contribution >= 0.6 is 0 Å². The molecule has 0 amide bonds. The molecule has 0 radical (unpaired) electrons. The van der Waals surface area contributed by atoms with E-state index in [1.165, 1.54) is 0 Å². The summed E-state index contributed by atoms with van der Waals surface area (Å²) in [4.78, 5) is 4.10.